The number of nitrogens with two attached hydrogens (primary N) is 1. The van der Waals surface area contributed by atoms with E-state index in [0.29, 0.717) is 18.5 Å². The molecule has 0 bridgehead atoms. The minimum Gasteiger partial charge on any atom is -0.329 e. The summed E-state index contributed by atoms with van der Waals surface area (Å²) in [5.41, 5.74) is 7.10. The third-order valence-electron chi connectivity index (χ3n) is 2.81. The largest absolute Gasteiger partial charge is 0.329 e. The van der Waals surface area contributed by atoms with Crippen LogP contribution in [-0.4, -0.2) is 18.8 Å². The van der Waals surface area contributed by atoms with Crippen LogP contribution < -0.4 is 11.1 Å². The quantitative estimate of drug-likeness (QED) is 0.748. The van der Waals surface area contributed by atoms with Crippen molar-refractivity contribution in [3.05, 3.63) is 29.8 Å². The smallest absolute Gasteiger partial charge is 0.0219 e. The molecule has 90 valence electrons. The van der Waals surface area contributed by atoms with Crippen molar-refractivity contribution in [2.45, 2.75) is 31.3 Å². The van der Waals surface area contributed by atoms with E-state index in [0.717, 1.165) is 6.54 Å². The minimum absolute atomic E-state index is 0.398. The van der Waals surface area contributed by atoms with E-state index in [2.05, 4.69) is 49.7 Å². The third-order valence-corrected chi connectivity index (χ3v) is 3.64. The summed E-state index contributed by atoms with van der Waals surface area (Å²) in [7, 11) is 0. The van der Waals surface area contributed by atoms with Gasteiger partial charge in [0.05, 0.1) is 0 Å². The third kappa shape index (κ3) is 3.81. The fourth-order valence-electron chi connectivity index (χ4n) is 1.68. The van der Waals surface area contributed by atoms with Crippen molar-refractivity contribution in [2.24, 2.45) is 11.7 Å². The number of nitrogens with one attached hydrogen (secondary N) is 1. The molecule has 1 unspecified atom stereocenters. The SMILES string of the molecule is CSc1ccccc1CNC(CN)C(C)C. The van der Waals surface area contributed by atoms with E-state index in [1.165, 1.54) is 10.5 Å². The van der Waals surface area contributed by atoms with Gasteiger partial charge in [-0.3, -0.25) is 0 Å². The lowest BCUT2D eigenvalue weighted by Crippen LogP contribution is -2.39. The normalized spacial score (nSPS) is 13.1. The Hall–Kier alpha value is -0.510. The first kappa shape index (κ1) is 13.6. The van der Waals surface area contributed by atoms with Crippen LogP contribution in [0.15, 0.2) is 29.2 Å². The van der Waals surface area contributed by atoms with E-state index in [-0.39, 0.29) is 0 Å². The summed E-state index contributed by atoms with van der Waals surface area (Å²) in [4.78, 5) is 1.34. The van der Waals surface area contributed by atoms with Crippen LogP contribution in [0.5, 0.6) is 0 Å². The standard InChI is InChI=1S/C13H22N2S/c1-10(2)12(8-14)15-9-11-6-4-5-7-13(11)16-3/h4-7,10,12,15H,8-9,14H2,1-3H3. The highest BCUT2D eigenvalue weighted by molar-refractivity contribution is 7.98. The zero-order chi connectivity index (χ0) is 12.0. The number of benzene rings is 1. The first-order chi connectivity index (χ1) is 7.69. The predicted molar refractivity (Wildman–Crippen MR) is 72.7 cm³/mol. The predicted octanol–water partition coefficient (Wildman–Crippen LogP) is 2.48. The maximum atomic E-state index is 5.74. The molecule has 1 atom stereocenters. The van der Waals surface area contributed by atoms with Gasteiger partial charge in [-0.2, -0.15) is 0 Å². The van der Waals surface area contributed by atoms with Gasteiger partial charge >= 0.3 is 0 Å². The molecule has 0 aromatic heterocycles. The molecule has 0 saturated carbocycles. The van der Waals surface area contributed by atoms with E-state index in [1.54, 1.807) is 11.8 Å². The van der Waals surface area contributed by atoms with E-state index < -0.39 is 0 Å². The minimum atomic E-state index is 0.398. The number of hydrogen-bond donors (Lipinski definition) is 2. The average molecular weight is 238 g/mol. The van der Waals surface area contributed by atoms with E-state index in [4.69, 9.17) is 5.73 Å². The van der Waals surface area contributed by atoms with Crippen molar-refractivity contribution in [2.75, 3.05) is 12.8 Å². The molecule has 0 spiro atoms. The zero-order valence-corrected chi connectivity index (χ0v) is 11.2. The molecular weight excluding hydrogens is 216 g/mol. The van der Waals surface area contributed by atoms with Crippen molar-refractivity contribution in [3.63, 3.8) is 0 Å². The van der Waals surface area contributed by atoms with Gasteiger partial charge < -0.3 is 11.1 Å². The Labute approximate surface area is 103 Å². The summed E-state index contributed by atoms with van der Waals surface area (Å²) in [6.45, 7) is 5.99. The Bertz CT molecular complexity index is 313. The van der Waals surface area contributed by atoms with Gasteiger partial charge in [-0.1, -0.05) is 32.0 Å². The Morgan fingerprint density at radius 3 is 2.56 bits per heavy atom. The highest BCUT2D eigenvalue weighted by Crippen LogP contribution is 2.19. The van der Waals surface area contributed by atoms with Crippen molar-refractivity contribution in [1.29, 1.82) is 0 Å². The second-order valence-corrected chi connectivity index (χ2v) is 5.13. The summed E-state index contributed by atoms with van der Waals surface area (Å²) < 4.78 is 0. The lowest BCUT2D eigenvalue weighted by atomic mass is 10.0. The molecule has 0 aliphatic rings. The van der Waals surface area contributed by atoms with Crippen molar-refractivity contribution < 1.29 is 0 Å². The molecule has 0 amide bonds. The molecule has 1 rings (SSSR count). The van der Waals surface area contributed by atoms with Crippen LogP contribution in [0.2, 0.25) is 0 Å². The zero-order valence-electron chi connectivity index (χ0n) is 10.4. The first-order valence-corrected chi connectivity index (χ1v) is 6.96. The lowest BCUT2D eigenvalue weighted by Gasteiger charge is -2.21. The van der Waals surface area contributed by atoms with E-state index >= 15 is 0 Å². The first-order valence-electron chi connectivity index (χ1n) is 5.74. The van der Waals surface area contributed by atoms with Gasteiger partial charge in [-0.15, -0.1) is 11.8 Å². The molecule has 0 saturated heterocycles. The molecule has 3 heteroatoms. The maximum Gasteiger partial charge on any atom is 0.0219 e. The van der Waals surface area contributed by atoms with Crippen LogP contribution in [0.1, 0.15) is 19.4 Å². The molecule has 2 nitrogen and oxygen atoms in total. The molecule has 3 N–H and O–H groups in total. The van der Waals surface area contributed by atoms with Crippen molar-refractivity contribution in [3.8, 4) is 0 Å². The molecule has 0 aliphatic carbocycles. The molecule has 0 radical (unpaired) electrons. The Balaban J connectivity index is 2.59. The van der Waals surface area contributed by atoms with E-state index in [9.17, 15) is 0 Å². The Kier molecular flexibility index (Phi) is 5.88. The van der Waals surface area contributed by atoms with Crippen LogP contribution in [0.3, 0.4) is 0 Å². The van der Waals surface area contributed by atoms with Gasteiger partial charge in [0, 0.05) is 24.0 Å². The second kappa shape index (κ2) is 6.94. The summed E-state index contributed by atoms with van der Waals surface area (Å²) in [6.07, 6.45) is 2.11. The van der Waals surface area contributed by atoms with Crippen LogP contribution in [0, 0.1) is 5.92 Å². The monoisotopic (exact) mass is 238 g/mol. The van der Waals surface area contributed by atoms with Crippen LogP contribution in [0.25, 0.3) is 0 Å². The van der Waals surface area contributed by atoms with Crippen molar-refractivity contribution >= 4 is 11.8 Å². The summed E-state index contributed by atoms with van der Waals surface area (Å²) in [6, 6.07) is 8.90. The van der Waals surface area contributed by atoms with Gasteiger partial charge in [-0.05, 0) is 23.8 Å². The van der Waals surface area contributed by atoms with Crippen LogP contribution >= 0.6 is 11.8 Å². The van der Waals surface area contributed by atoms with E-state index in [1.807, 2.05) is 0 Å². The van der Waals surface area contributed by atoms with Gasteiger partial charge in [0.25, 0.3) is 0 Å². The Morgan fingerprint density at radius 1 is 1.31 bits per heavy atom. The molecule has 1 aromatic rings. The van der Waals surface area contributed by atoms with Gasteiger partial charge in [-0.25, -0.2) is 0 Å². The molecule has 0 heterocycles. The number of rotatable bonds is 6. The summed E-state index contributed by atoms with van der Waals surface area (Å²) >= 11 is 1.79. The van der Waals surface area contributed by atoms with Crippen molar-refractivity contribution in [1.82, 2.24) is 5.32 Å². The Morgan fingerprint density at radius 2 is 2.00 bits per heavy atom. The number of thioether (sulfide) groups is 1. The molecular formula is C13H22N2S. The highest BCUT2D eigenvalue weighted by Gasteiger charge is 2.10. The van der Waals surface area contributed by atoms with Crippen LogP contribution in [-0.2, 0) is 6.54 Å². The molecule has 0 aliphatic heterocycles. The summed E-state index contributed by atoms with van der Waals surface area (Å²) in [5, 5.41) is 3.52. The van der Waals surface area contributed by atoms with Gasteiger partial charge in [0.1, 0.15) is 0 Å². The molecule has 16 heavy (non-hydrogen) atoms. The summed E-state index contributed by atoms with van der Waals surface area (Å²) in [5.74, 6) is 0.575. The number of hydrogen-bond acceptors (Lipinski definition) is 3. The average Bonchev–Trinajstić information content (AvgIpc) is 2.30. The highest BCUT2D eigenvalue weighted by atomic mass is 32.2. The topological polar surface area (TPSA) is 38.0 Å². The van der Waals surface area contributed by atoms with Gasteiger partial charge in [0.15, 0.2) is 0 Å². The lowest BCUT2D eigenvalue weighted by molar-refractivity contribution is 0.404. The van der Waals surface area contributed by atoms with Crippen LogP contribution in [0.4, 0.5) is 0 Å². The fourth-order valence-corrected chi connectivity index (χ4v) is 2.30. The fraction of sp³-hybridized carbons (Fsp3) is 0.538. The molecule has 0 fully saturated rings. The molecule has 1 aromatic carbocycles. The van der Waals surface area contributed by atoms with Gasteiger partial charge in [0.2, 0.25) is 0 Å². The maximum absolute atomic E-state index is 5.74. The second-order valence-electron chi connectivity index (χ2n) is 4.28.